The minimum Gasteiger partial charge on any atom is -0.332 e. The Kier molecular flexibility index (Phi) is 7.71. The summed E-state index contributed by atoms with van der Waals surface area (Å²) in [5, 5.41) is 12.9. The molecule has 0 atom stereocenters. The van der Waals surface area contributed by atoms with Crippen LogP contribution in [-0.2, 0) is 9.84 Å². The van der Waals surface area contributed by atoms with Crippen LogP contribution in [0, 0.1) is 0 Å². The van der Waals surface area contributed by atoms with Crippen LogP contribution >= 0.6 is 24.4 Å². The van der Waals surface area contributed by atoms with Gasteiger partial charge in [-0.2, -0.15) is 0 Å². The fraction of sp³-hybridized carbons (Fsp3) is 0. The number of sulfone groups is 1. The van der Waals surface area contributed by atoms with Gasteiger partial charge in [0.15, 0.2) is 10.2 Å². The molecule has 9 heteroatoms. The van der Waals surface area contributed by atoms with E-state index >= 15 is 0 Å². The van der Waals surface area contributed by atoms with Gasteiger partial charge < -0.3 is 21.3 Å². The maximum Gasteiger partial charge on any atom is 0.206 e. The van der Waals surface area contributed by atoms with Gasteiger partial charge >= 0.3 is 0 Å². The first kappa shape index (κ1) is 24.3. The highest BCUT2D eigenvalue weighted by atomic mass is 32.2. The molecule has 4 aromatic carbocycles. The van der Waals surface area contributed by atoms with Crippen LogP contribution in [0.25, 0.3) is 0 Å². The first-order valence-electron chi connectivity index (χ1n) is 10.6. The van der Waals surface area contributed by atoms with E-state index in [0.29, 0.717) is 21.6 Å². The van der Waals surface area contributed by atoms with Crippen LogP contribution in [0.4, 0.5) is 22.7 Å². The highest BCUT2D eigenvalue weighted by Crippen LogP contribution is 2.25. The van der Waals surface area contributed by atoms with E-state index in [4.69, 9.17) is 24.4 Å². The highest BCUT2D eigenvalue weighted by molar-refractivity contribution is 7.91. The number of benzene rings is 4. The molecule has 0 aromatic heterocycles. The molecular formula is C26H22N4O2S3. The number of hydrogen-bond acceptors (Lipinski definition) is 4. The van der Waals surface area contributed by atoms with Gasteiger partial charge in [0, 0.05) is 22.7 Å². The summed E-state index contributed by atoms with van der Waals surface area (Å²) in [6.45, 7) is 0. The van der Waals surface area contributed by atoms with E-state index in [1.165, 1.54) is 0 Å². The third kappa shape index (κ3) is 6.63. The van der Waals surface area contributed by atoms with Crippen LogP contribution in [0.5, 0.6) is 0 Å². The van der Waals surface area contributed by atoms with Crippen molar-refractivity contribution in [2.45, 2.75) is 9.79 Å². The summed E-state index contributed by atoms with van der Waals surface area (Å²) in [5.41, 5.74) is 2.78. The molecule has 0 radical (unpaired) electrons. The lowest BCUT2D eigenvalue weighted by Crippen LogP contribution is -2.19. The predicted octanol–water partition coefficient (Wildman–Crippen LogP) is 6.14. The molecule has 0 aliphatic carbocycles. The van der Waals surface area contributed by atoms with Crippen molar-refractivity contribution >= 4 is 67.2 Å². The van der Waals surface area contributed by atoms with E-state index < -0.39 is 9.84 Å². The van der Waals surface area contributed by atoms with Crippen molar-refractivity contribution in [2.75, 3.05) is 21.3 Å². The Hall–Kier alpha value is -3.79. The second-order valence-electron chi connectivity index (χ2n) is 7.45. The van der Waals surface area contributed by atoms with Gasteiger partial charge in [0.25, 0.3) is 0 Å². The second kappa shape index (κ2) is 11.1. The topological polar surface area (TPSA) is 82.3 Å². The summed E-state index contributed by atoms with van der Waals surface area (Å²) >= 11 is 10.7. The van der Waals surface area contributed by atoms with Crippen LogP contribution in [0.3, 0.4) is 0 Å². The number of para-hydroxylation sites is 2. The zero-order valence-corrected chi connectivity index (χ0v) is 20.9. The Morgan fingerprint density at radius 1 is 0.486 bits per heavy atom. The van der Waals surface area contributed by atoms with E-state index in [9.17, 15) is 8.42 Å². The molecule has 4 aromatic rings. The highest BCUT2D eigenvalue weighted by Gasteiger charge is 2.19. The molecule has 0 aliphatic rings. The third-order valence-corrected chi connectivity index (χ3v) is 7.03. The van der Waals surface area contributed by atoms with Crippen LogP contribution in [-0.4, -0.2) is 18.6 Å². The summed E-state index contributed by atoms with van der Waals surface area (Å²) < 4.78 is 26.7. The summed E-state index contributed by atoms with van der Waals surface area (Å²) in [4.78, 5) is 0.291. The predicted molar refractivity (Wildman–Crippen MR) is 151 cm³/mol. The minimum absolute atomic E-state index is 0.146. The number of rotatable bonds is 6. The van der Waals surface area contributed by atoms with Gasteiger partial charge in [0.1, 0.15) is 0 Å². The van der Waals surface area contributed by atoms with Crippen molar-refractivity contribution in [3.05, 3.63) is 109 Å². The van der Waals surface area contributed by atoms with Crippen LogP contribution < -0.4 is 21.3 Å². The fourth-order valence-corrected chi connectivity index (χ4v) is 5.07. The van der Waals surface area contributed by atoms with Crippen LogP contribution in [0.1, 0.15) is 0 Å². The molecule has 0 bridgehead atoms. The zero-order valence-electron chi connectivity index (χ0n) is 18.4. The van der Waals surface area contributed by atoms with Gasteiger partial charge in [0.05, 0.1) is 9.79 Å². The molecular weight excluding hydrogens is 497 g/mol. The Morgan fingerprint density at radius 2 is 0.829 bits per heavy atom. The molecule has 176 valence electrons. The number of anilines is 4. The summed E-state index contributed by atoms with van der Waals surface area (Å²) in [5.74, 6) is 0. The first-order valence-corrected chi connectivity index (χ1v) is 12.9. The molecule has 4 N–H and O–H groups in total. The number of hydrogen-bond donors (Lipinski definition) is 4. The maximum absolute atomic E-state index is 13.3. The lowest BCUT2D eigenvalue weighted by molar-refractivity contribution is 0.596. The average Bonchev–Trinajstić information content (AvgIpc) is 2.85. The molecule has 0 saturated heterocycles. The standard InChI is InChI=1S/C26H22N4O2S3/c31-35(32,23-15-7-13-21(17-23)29-25(33)27-19-9-3-1-4-10-19)24-16-8-14-22(18-24)30-26(34)28-20-11-5-2-6-12-20/h1-18H,(H2,27,29,33)(H2,28,30,34). The lowest BCUT2D eigenvalue weighted by atomic mass is 10.3. The molecule has 0 unspecified atom stereocenters. The van der Waals surface area contributed by atoms with Gasteiger partial charge in [-0.1, -0.05) is 48.5 Å². The van der Waals surface area contributed by atoms with Crippen LogP contribution in [0.2, 0.25) is 0 Å². The molecule has 0 aliphatic heterocycles. The Morgan fingerprint density at radius 3 is 1.23 bits per heavy atom. The van der Waals surface area contributed by atoms with Gasteiger partial charge in [-0.3, -0.25) is 0 Å². The molecule has 35 heavy (non-hydrogen) atoms. The maximum atomic E-state index is 13.3. The third-order valence-electron chi connectivity index (χ3n) is 4.87. The van der Waals surface area contributed by atoms with Crippen molar-refractivity contribution in [3.8, 4) is 0 Å². The van der Waals surface area contributed by atoms with Crippen molar-refractivity contribution in [1.29, 1.82) is 0 Å². The lowest BCUT2D eigenvalue weighted by Gasteiger charge is -2.13. The Labute approximate surface area is 215 Å². The average molecular weight is 519 g/mol. The molecule has 6 nitrogen and oxygen atoms in total. The number of nitrogens with one attached hydrogen (secondary N) is 4. The van der Waals surface area contributed by atoms with E-state index in [0.717, 1.165) is 11.4 Å². The SMILES string of the molecule is O=S(=O)(c1cccc(NC(=S)Nc2ccccc2)c1)c1cccc(NC(=S)Nc2ccccc2)c1. The summed E-state index contributed by atoms with van der Waals surface area (Å²) in [7, 11) is -3.78. The van der Waals surface area contributed by atoms with Crippen molar-refractivity contribution in [2.24, 2.45) is 0 Å². The van der Waals surface area contributed by atoms with E-state index in [-0.39, 0.29) is 9.79 Å². The smallest absolute Gasteiger partial charge is 0.206 e. The zero-order chi connectivity index (χ0) is 24.7. The Bertz CT molecular complexity index is 1340. The molecule has 0 heterocycles. The van der Waals surface area contributed by atoms with Crippen molar-refractivity contribution in [1.82, 2.24) is 0 Å². The molecule has 0 amide bonds. The first-order chi connectivity index (χ1) is 16.9. The molecule has 4 rings (SSSR count). The van der Waals surface area contributed by atoms with Crippen molar-refractivity contribution < 1.29 is 8.42 Å². The largest absolute Gasteiger partial charge is 0.332 e. The van der Waals surface area contributed by atoms with Gasteiger partial charge in [-0.05, 0) is 85.1 Å². The second-order valence-corrected chi connectivity index (χ2v) is 10.2. The van der Waals surface area contributed by atoms with E-state index in [1.54, 1.807) is 48.5 Å². The van der Waals surface area contributed by atoms with Gasteiger partial charge in [-0.25, -0.2) is 8.42 Å². The summed E-state index contributed by atoms with van der Waals surface area (Å²) in [6.07, 6.45) is 0. The minimum atomic E-state index is -3.78. The molecule has 0 spiro atoms. The summed E-state index contributed by atoms with van der Waals surface area (Å²) in [6, 6.07) is 32.0. The number of thiocarbonyl (C=S) groups is 2. The fourth-order valence-electron chi connectivity index (χ4n) is 3.25. The monoisotopic (exact) mass is 518 g/mol. The molecule has 0 fully saturated rings. The van der Waals surface area contributed by atoms with E-state index in [2.05, 4.69) is 21.3 Å². The normalized spacial score (nSPS) is 10.7. The van der Waals surface area contributed by atoms with Crippen molar-refractivity contribution in [3.63, 3.8) is 0 Å². The quantitative estimate of drug-likeness (QED) is 0.227. The van der Waals surface area contributed by atoms with Gasteiger partial charge in [-0.15, -0.1) is 0 Å². The van der Waals surface area contributed by atoms with Gasteiger partial charge in [0.2, 0.25) is 9.84 Å². The Balaban J connectivity index is 1.47. The van der Waals surface area contributed by atoms with Crippen LogP contribution in [0.15, 0.2) is 119 Å². The molecule has 0 saturated carbocycles. The van der Waals surface area contributed by atoms with E-state index in [1.807, 2.05) is 60.7 Å².